The van der Waals surface area contributed by atoms with Gasteiger partial charge in [0.1, 0.15) is 0 Å². The monoisotopic (exact) mass is 728 g/mol. The lowest BCUT2D eigenvalue weighted by Gasteiger charge is -2.35. The minimum Gasteiger partial charge on any atom is -0.462 e. The number of benzene rings is 3. The zero-order chi connectivity index (χ0) is 35.7. The molecule has 49 heavy (non-hydrogen) atoms. The second kappa shape index (κ2) is 14.5. The Kier molecular flexibility index (Phi) is 11.0. The number of esters is 1. The molecular weight excluding hydrogens is 693 g/mol. The number of rotatable bonds is 9. The number of carbonyl (C=O) groups excluding carboxylic acids is 2. The number of fused-ring (bicyclic) bond motifs is 2. The van der Waals surface area contributed by atoms with E-state index in [0.717, 1.165) is 36.4 Å². The molecule has 2 aliphatic rings. The second-order valence-electron chi connectivity index (χ2n) is 13.0. The van der Waals surface area contributed by atoms with Crippen molar-refractivity contribution in [2.24, 2.45) is 0 Å². The number of piperidine rings is 1. The van der Waals surface area contributed by atoms with Crippen molar-refractivity contribution in [3.05, 3.63) is 104 Å². The first-order chi connectivity index (χ1) is 23.0. The van der Waals surface area contributed by atoms with Crippen molar-refractivity contribution >= 4 is 35.1 Å². The molecule has 264 valence electrons. The highest BCUT2D eigenvalue weighted by Gasteiger charge is 2.47. The molecule has 2 unspecified atom stereocenters. The van der Waals surface area contributed by atoms with Gasteiger partial charge in [-0.1, -0.05) is 53.5 Å². The Balaban J connectivity index is 1.31. The molecule has 1 aliphatic carbocycles. The van der Waals surface area contributed by atoms with E-state index < -0.39 is 52.9 Å². The second-order valence-corrected chi connectivity index (χ2v) is 13.9. The molecule has 0 radical (unpaired) electrons. The van der Waals surface area contributed by atoms with E-state index in [4.69, 9.17) is 27.9 Å². The predicted molar refractivity (Wildman–Crippen MR) is 175 cm³/mol. The fourth-order valence-corrected chi connectivity index (χ4v) is 7.41. The summed E-state index contributed by atoms with van der Waals surface area (Å²) in [6.07, 6.45) is -7.50. The molecule has 1 aliphatic heterocycles. The van der Waals surface area contributed by atoms with Crippen LogP contribution in [0.1, 0.15) is 89.0 Å². The first-order valence-corrected chi connectivity index (χ1v) is 16.7. The summed E-state index contributed by atoms with van der Waals surface area (Å²) in [5.74, 6) is -2.23. The van der Waals surface area contributed by atoms with E-state index in [-0.39, 0.29) is 34.0 Å². The van der Waals surface area contributed by atoms with Gasteiger partial charge >= 0.3 is 18.3 Å². The topological polar surface area (TPSA) is 58.6 Å². The number of nitrogens with zero attached hydrogens (tertiary/aromatic N) is 1. The number of likely N-dealkylation sites (N-methyl/N-ethyl adjacent to an activating group) is 1. The zero-order valence-electron chi connectivity index (χ0n) is 26.9. The molecule has 3 atom stereocenters. The summed E-state index contributed by atoms with van der Waals surface area (Å²) >= 11 is 12.4. The molecule has 1 saturated heterocycles. The van der Waals surface area contributed by atoms with Crippen molar-refractivity contribution in [3.8, 4) is 0 Å². The molecular formula is C36H36Cl2F6N2O3. The van der Waals surface area contributed by atoms with Crippen molar-refractivity contribution in [1.82, 2.24) is 10.2 Å². The number of hydrogen-bond acceptors (Lipinski definition) is 4. The molecule has 13 heteroatoms. The number of amides is 1. The van der Waals surface area contributed by atoms with Gasteiger partial charge in [-0.3, -0.25) is 9.59 Å². The summed E-state index contributed by atoms with van der Waals surface area (Å²) in [6.45, 7) is 3.43. The zero-order valence-corrected chi connectivity index (χ0v) is 28.4. The molecule has 0 aromatic heterocycles. The van der Waals surface area contributed by atoms with Crippen LogP contribution in [0.15, 0.2) is 60.7 Å². The smallest absolute Gasteiger partial charge is 0.416 e. The lowest BCUT2D eigenvalue weighted by molar-refractivity contribution is -0.151. The molecule has 3 aromatic carbocycles. The Morgan fingerprint density at radius 3 is 2.16 bits per heavy atom. The minimum atomic E-state index is -5.10. The van der Waals surface area contributed by atoms with Gasteiger partial charge in [0.2, 0.25) is 0 Å². The van der Waals surface area contributed by atoms with Gasteiger partial charge in [-0.15, -0.1) is 0 Å². The highest BCUT2D eigenvalue weighted by Crippen LogP contribution is 2.51. The van der Waals surface area contributed by atoms with E-state index in [2.05, 4.69) is 11.4 Å². The number of halogens is 8. The molecule has 1 fully saturated rings. The molecule has 5 rings (SSSR count). The van der Waals surface area contributed by atoms with Gasteiger partial charge in [0, 0.05) is 25.1 Å². The SMILES string of the molecule is CC(CC[C@H](CN(C)C(=O)c1cc(C(F)(F)F)cc(C(F)(F)F)c1)c1ccc(Cl)c(Cl)c1)OC(=O)C1CC2(CCNCC2)c2ccccc21. The summed E-state index contributed by atoms with van der Waals surface area (Å²) in [5, 5.41) is 3.90. The van der Waals surface area contributed by atoms with Gasteiger partial charge in [-0.2, -0.15) is 26.3 Å². The number of hydrogen-bond donors (Lipinski definition) is 1. The lowest BCUT2D eigenvalue weighted by atomic mass is 9.74. The van der Waals surface area contributed by atoms with E-state index in [9.17, 15) is 35.9 Å². The Morgan fingerprint density at radius 1 is 0.918 bits per heavy atom. The lowest BCUT2D eigenvalue weighted by Crippen LogP contribution is -2.38. The van der Waals surface area contributed by atoms with Gasteiger partial charge in [0.15, 0.2) is 0 Å². The Labute approximate surface area is 290 Å². The van der Waals surface area contributed by atoms with Crippen LogP contribution in [0, 0.1) is 0 Å². The van der Waals surface area contributed by atoms with Crippen molar-refractivity contribution in [2.45, 2.75) is 74.7 Å². The fraction of sp³-hybridized carbons (Fsp3) is 0.444. The number of carbonyl (C=O) groups is 2. The van der Waals surface area contributed by atoms with E-state index in [1.54, 1.807) is 25.1 Å². The van der Waals surface area contributed by atoms with Gasteiger partial charge < -0.3 is 15.0 Å². The Hall–Kier alpha value is -3.28. The van der Waals surface area contributed by atoms with Crippen LogP contribution in [0.4, 0.5) is 26.3 Å². The number of alkyl halides is 6. The van der Waals surface area contributed by atoms with Gasteiger partial charge in [0.25, 0.3) is 5.91 Å². The maximum Gasteiger partial charge on any atom is 0.416 e. The highest BCUT2D eigenvalue weighted by molar-refractivity contribution is 6.42. The van der Waals surface area contributed by atoms with Crippen LogP contribution in [0.25, 0.3) is 0 Å². The molecule has 1 N–H and O–H groups in total. The average Bonchev–Trinajstić information content (AvgIpc) is 3.36. The first kappa shape index (κ1) is 37.0. The van der Waals surface area contributed by atoms with Crippen LogP contribution in [0.5, 0.6) is 0 Å². The quantitative estimate of drug-likeness (QED) is 0.176. The summed E-state index contributed by atoms with van der Waals surface area (Å²) in [4.78, 5) is 28.0. The first-order valence-electron chi connectivity index (χ1n) is 16.0. The molecule has 3 aromatic rings. The highest BCUT2D eigenvalue weighted by atomic mass is 35.5. The average molecular weight is 730 g/mol. The van der Waals surface area contributed by atoms with E-state index in [1.165, 1.54) is 12.6 Å². The van der Waals surface area contributed by atoms with E-state index >= 15 is 0 Å². The molecule has 1 heterocycles. The molecule has 0 bridgehead atoms. The number of ether oxygens (including phenoxy) is 1. The van der Waals surface area contributed by atoms with Crippen LogP contribution < -0.4 is 5.32 Å². The Bertz CT molecular complexity index is 1660. The van der Waals surface area contributed by atoms with Crippen molar-refractivity contribution < 1.29 is 40.7 Å². The van der Waals surface area contributed by atoms with Crippen LogP contribution in [0.3, 0.4) is 0 Å². The summed E-state index contributed by atoms with van der Waals surface area (Å²) in [5.41, 5.74) is -1.15. The third kappa shape index (κ3) is 8.37. The van der Waals surface area contributed by atoms with Crippen LogP contribution in [0.2, 0.25) is 10.0 Å². The third-order valence-electron chi connectivity index (χ3n) is 9.68. The largest absolute Gasteiger partial charge is 0.462 e. The summed E-state index contributed by atoms with van der Waals surface area (Å²) < 4.78 is 86.9. The summed E-state index contributed by atoms with van der Waals surface area (Å²) in [6, 6.07) is 13.7. The van der Waals surface area contributed by atoms with E-state index in [1.807, 2.05) is 18.2 Å². The van der Waals surface area contributed by atoms with Crippen molar-refractivity contribution in [1.29, 1.82) is 0 Å². The van der Waals surface area contributed by atoms with Gasteiger partial charge in [-0.25, -0.2) is 0 Å². The predicted octanol–water partition coefficient (Wildman–Crippen LogP) is 9.41. The van der Waals surface area contributed by atoms with Crippen molar-refractivity contribution in [3.63, 3.8) is 0 Å². The molecule has 5 nitrogen and oxygen atoms in total. The Morgan fingerprint density at radius 2 is 1.55 bits per heavy atom. The van der Waals surface area contributed by atoms with Crippen LogP contribution in [-0.2, 0) is 27.3 Å². The van der Waals surface area contributed by atoms with Crippen LogP contribution >= 0.6 is 23.2 Å². The molecule has 1 spiro atoms. The third-order valence-corrected chi connectivity index (χ3v) is 10.4. The van der Waals surface area contributed by atoms with Crippen LogP contribution in [-0.4, -0.2) is 49.6 Å². The maximum atomic E-state index is 13.6. The van der Waals surface area contributed by atoms with Crippen molar-refractivity contribution in [2.75, 3.05) is 26.7 Å². The fourth-order valence-electron chi connectivity index (χ4n) is 7.10. The normalized spacial score (nSPS) is 18.5. The minimum absolute atomic E-state index is 0.0195. The molecule has 1 amide bonds. The molecule has 0 saturated carbocycles. The van der Waals surface area contributed by atoms with Gasteiger partial charge in [0.05, 0.1) is 33.2 Å². The maximum absolute atomic E-state index is 13.6. The number of nitrogens with one attached hydrogen (secondary N) is 1. The standard InChI is InChI=1S/C36H36Cl2F6N2O3/c1-21(49-33(48)28-19-34(11-13-45-14-12-34)29-6-4-3-5-27(28)29)7-8-23(22-9-10-30(37)31(38)17-22)20-46(2)32(47)24-15-25(35(39,40)41)18-26(16-24)36(42,43)44/h3-6,9-10,15-18,21,23,28,45H,7-8,11-14,19-20H2,1-2H3/t21?,23-,28?/m1/s1. The summed E-state index contributed by atoms with van der Waals surface area (Å²) in [7, 11) is 1.30. The van der Waals surface area contributed by atoms with Gasteiger partial charge in [-0.05, 0) is 105 Å². The van der Waals surface area contributed by atoms with E-state index in [0.29, 0.717) is 37.0 Å².